The van der Waals surface area contributed by atoms with Crippen molar-refractivity contribution in [3.63, 3.8) is 0 Å². The number of hydrogen-bond acceptors (Lipinski definition) is 1. The zero-order valence-corrected chi connectivity index (χ0v) is 6.79. The first-order valence-corrected chi connectivity index (χ1v) is 3.89. The maximum atomic E-state index is 12.8. The summed E-state index contributed by atoms with van der Waals surface area (Å²) >= 11 is 0. The minimum absolute atomic E-state index is 0.275. The smallest absolute Gasteiger partial charge is 0.123 e. The molecule has 0 fully saturated rings. The quantitative estimate of drug-likeness (QED) is 0.597. The van der Waals surface area contributed by atoms with E-state index in [0.717, 1.165) is 10.8 Å². The van der Waals surface area contributed by atoms with E-state index in [9.17, 15) is 4.39 Å². The van der Waals surface area contributed by atoms with E-state index in [1.54, 1.807) is 24.3 Å². The molecule has 0 N–H and O–H groups in total. The van der Waals surface area contributed by atoms with Gasteiger partial charge in [0.25, 0.3) is 0 Å². The number of nitrogens with zero attached hydrogens (tertiary/aromatic N) is 1. The average Bonchev–Trinajstić information content (AvgIpc) is 2.16. The first kappa shape index (κ1) is 7.75. The molecule has 2 aromatic carbocycles. The van der Waals surface area contributed by atoms with Gasteiger partial charge >= 0.3 is 0 Å². The van der Waals surface area contributed by atoms with Crippen LogP contribution in [0.3, 0.4) is 0 Å². The van der Waals surface area contributed by atoms with Crippen molar-refractivity contribution >= 4 is 10.8 Å². The maximum Gasteiger partial charge on any atom is 0.123 e. The lowest BCUT2D eigenvalue weighted by Crippen LogP contribution is -1.80. The fourth-order valence-electron chi connectivity index (χ4n) is 1.35. The van der Waals surface area contributed by atoms with Crippen molar-refractivity contribution in [1.82, 2.24) is 0 Å². The third kappa shape index (κ3) is 1.25. The lowest BCUT2D eigenvalue weighted by Gasteiger charge is -1.98. The van der Waals surface area contributed by atoms with E-state index in [1.165, 1.54) is 12.1 Å². The van der Waals surface area contributed by atoms with Crippen molar-refractivity contribution < 1.29 is 4.39 Å². The SMILES string of the molecule is N#Cc1cccc2cc(F)ccc12. The largest absolute Gasteiger partial charge is 0.207 e. The summed E-state index contributed by atoms with van der Waals surface area (Å²) in [4.78, 5) is 0. The predicted octanol–water partition coefficient (Wildman–Crippen LogP) is 2.85. The molecule has 2 heteroatoms. The Kier molecular flexibility index (Phi) is 1.71. The Hall–Kier alpha value is -1.88. The average molecular weight is 171 g/mol. The zero-order valence-electron chi connectivity index (χ0n) is 6.79. The van der Waals surface area contributed by atoms with Crippen LogP contribution in [0.1, 0.15) is 5.56 Å². The number of nitriles is 1. The van der Waals surface area contributed by atoms with Crippen LogP contribution in [0.4, 0.5) is 4.39 Å². The van der Waals surface area contributed by atoms with Crippen molar-refractivity contribution in [3.8, 4) is 6.07 Å². The molecule has 2 aromatic rings. The normalized spacial score (nSPS) is 9.85. The third-order valence-electron chi connectivity index (χ3n) is 1.96. The standard InChI is InChI=1S/C11H6FN/c12-10-4-5-11-8(6-10)2-1-3-9(11)7-13/h1-6H. The number of halogens is 1. The minimum atomic E-state index is -0.275. The Bertz CT molecular complexity index is 497. The number of benzene rings is 2. The summed E-state index contributed by atoms with van der Waals surface area (Å²) in [5, 5.41) is 10.3. The second-order valence-corrected chi connectivity index (χ2v) is 2.78. The van der Waals surface area contributed by atoms with Crippen molar-refractivity contribution in [1.29, 1.82) is 5.26 Å². The van der Waals surface area contributed by atoms with E-state index in [1.807, 2.05) is 0 Å². The van der Waals surface area contributed by atoms with Crippen LogP contribution >= 0.6 is 0 Å². The lowest BCUT2D eigenvalue weighted by atomic mass is 10.1. The van der Waals surface area contributed by atoms with Gasteiger partial charge in [-0.2, -0.15) is 5.26 Å². The highest BCUT2D eigenvalue weighted by Crippen LogP contribution is 2.18. The summed E-state index contributed by atoms with van der Waals surface area (Å²) in [7, 11) is 0. The summed E-state index contributed by atoms with van der Waals surface area (Å²) in [5.41, 5.74) is 0.581. The van der Waals surface area contributed by atoms with Crippen molar-refractivity contribution in [3.05, 3.63) is 47.8 Å². The predicted molar refractivity (Wildman–Crippen MR) is 48.6 cm³/mol. The first-order chi connectivity index (χ1) is 6.31. The number of fused-ring (bicyclic) bond motifs is 1. The van der Waals surface area contributed by atoms with Gasteiger partial charge in [0, 0.05) is 0 Å². The highest BCUT2D eigenvalue weighted by Gasteiger charge is 1.99. The molecule has 0 aliphatic heterocycles. The number of hydrogen-bond donors (Lipinski definition) is 0. The Balaban J connectivity index is 2.87. The van der Waals surface area contributed by atoms with E-state index in [4.69, 9.17) is 5.26 Å². The molecule has 0 aromatic heterocycles. The summed E-state index contributed by atoms with van der Waals surface area (Å²) in [6, 6.07) is 11.7. The van der Waals surface area contributed by atoms with Gasteiger partial charge in [-0.15, -0.1) is 0 Å². The molecule has 0 radical (unpaired) electrons. The topological polar surface area (TPSA) is 23.8 Å². The molecular formula is C11H6FN. The molecule has 0 spiro atoms. The Labute approximate surface area is 75.0 Å². The second-order valence-electron chi connectivity index (χ2n) is 2.78. The van der Waals surface area contributed by atoms with Crippen molar-refractivity contribution in [2.24, 2.45) is 0 Å². The van der Waals surface area contributed by atoms with Gasteiger partial charge in [0.15, 0.2) is 0 Å². The van der Waals surface area contributed by atoms with Crippen LogP contribution in [0.5, 0.6) is 0 Å². The van der Waals surface area contributed by atoms with Crippen LogP contribution in [0, 0.1) is 17.1 Å². The van der Waals surface area contributed by atoms with Gasteiger partial charge in [-0.05, 0) is 29.0 Å². The molecule has 0 saturated heterocycles. The van der Waals surface area contributed by atoms with E-state index >= 15 is 0 Å². The van der Waals surface area contributed by atoms with Gasteiger partial charge in [0.1, 0.15) is 5.82 Å². The Morgan fingerprint density at radius 1 is 1.15 bits per heavy atom. The number of rotatable bonds is 0. The fraction of sp³-hybridized carbons (Fsp3) is 0. The van der Waals surface area contributed by atoms with E-state index in [2.05, 4.69) is 6.07 Å². The van der Waals surface area contributed by atoms with Crippen LogP contribution in [-0.2, 0) is 0 Å². The van der Waals surface area contributed by atoms with Crippen LogP contribution in [-0.4, -0.2) is 0 Å². The molecule has 1 nitrogen and oxygen atoms in total. The van der Waals surface area contributed by atoms with E-state index in [0.29, 0.717) is 5.56 Å². The molecule has 0 atom stereocenters. The van der Waals surface area contributed by atoms with Gasteiger partial charge in [0.05, 0.1) is 11.6 Å². The molecular weight excluding hydrogens is 165 g/mol. The first-order valence-electron chi connectivity index (χ1n) is 3.89. The summed E-state index contributed by atoms with van der Waals surface area (Å²) in [6.07, 6.45) is 0. The lowest BCUT2D eigenvalue weighted by molar-refractivity contribution is 0.630. The van der Waals surface area contributed by atoms with Crippen LogP contribution in [0.2, 0.25) is 0 Å². The van der Waals surface area contributed by atoms with E-state index < -0.39 is 0 Å². The summed E-state index contributed by atoms with van der Waals surface area (Å²) in [6.45, 7) is 0. The van der Waals surface area contributed by atoms with Gasteiger partial charge in [-0.25, -0.2) is 4.39 Å². The Morgan fingerprint density at radius 3 is 2.77 bits per heavy atom. The molecule has 2 rings (SSSR count). The molecule has 0 aliphatic rings. The molecule has 13 heavy (non-hydrogen) atoms. The van der Waals surface area contributed by atoms with E-state index in [-0.39, 0.29) is 5.82 Å². The molecule has 0 bridgehead atoms. The molecule has 0 saturated carbocycles. The summed E-state index contributed by atoms with van der Waals surface area (Å²) < 4.78 is 12.8. The maximum absolute atomic E-state index is 12.8. The van der Waals surface area contributed by atoms with Gasteiger partial charge in [-0.3, -0.25) is 0 Å². The fourth-order valence-corrected chi connectivity index (χ4v) is 1.35. The molecule has 62 valence electrons. The highest BCUT2D eigenvalue weighted by atomic mass is 19.1. The zero-order chi connectivity index (χ0) is 9.26. The Morgan fingerprint density at radius 2 is 2.00 bits per heavy atom. The molecule has 0 heterocycles. The van der Waals surface area contributed by atoms with Gasteiger partial charge in [-0.1, -0.05) is 18.2 Å². The van der Waals surface area contributed by atoms with Gasteiger partial charge < -0.3 is 0 Å². The second kappa shape index (κ2) is 2.87. The third-order valence-corrected chi connectivity index (χ3v) is 1.96. The van der Waals surface area contributed by atoms with Gasteiger partial charge in [0.2, 0.25) is 0 Å². The van der Waals surface area contributed by atoms with Crippen LogP contribution < -0.4 is 0 Å². The summed E-state index contributed by atoms with van der Waals surface area (Å²) in [5.74, 6) is -0.275. The minimum Gasteiger partial charge on any atom is -0.207 e. The molecule has 0 unspecified atom stereocenters. The van der Waals surface area contributed by atoms with Crippen molar-refractivity contribution in [2.75, 3.05) is 0 Å². The monoisotopic (exact) mass is 171 g/mol. The van der Waals surface area contributed by atoms with Crippen LogP contribution in [0.25, 0.3) is 10.8 Å². The van der Waals surface area contributed by atoms with Crippen LogP contribution in [0.15, 0.2) is 36.4 Å². The molecule has 0 aliphatic carbocycles. The van der Waals surface area contributed by atoms with Crippen molar-refractivity contribution in [2.45, 2.75) is 0 Å². The highest BCUT2D eigenvalue weighted by molar-refractivity contribution is 5.87. The molecule has 0 amide bonds.